The van der Waals surface area contributed by atoms with Gasteiger partial charge in [0.1, 0.15) is 23.5 Å². The molecule has 0 bridgehead atoms. The lowest BCUT2D eigenvalue weighted by Crippen LogP contribution is -2.39. The Kier molecular flexibility index (Phi) is 10.2. The number of hydrogen-bond acceptors (Lipinski definition) is 7. The molecule has 9 nitrogen and oxygen atoms in total. The van der Waals surface area contributed by atoms with E-state index in [4.69, 9.17) is 15.0 Å². The fourth-order valence-electron chi connectivity index (χ4n) is 8.00. The first-order chi connectivity index (χ1) is 29.1. The molecule has 0 spiro atoms. The number of aliphatic imine (C=N–C) groups is 2. The minimum absolute atomic E-state index is 0.110. The summed E-state index contributed by atoms with van der Waals surface area (Å²) in [4.78, 5) is 15.8. The quantitative estimate of drug-likeness (QED) is 0.136. The van der Waals surface area contributed by atoms with E-state index in [1.165, 1.54) is 8.61 Å². The van der Waals surface area contributed by atoms with Crippen LogP contribution in [0.15, 0.2) is 208 Å². The van der Waals surface area contributed by atoms with E-state index >= 15 is 16.8 Å². The van der Waals surface area contributed by atoms with E-state index in [2.05, 4.69) is 0 Å². The van der Waals surface area contributed by atoms with Crippen LogP contribution < -0.4 is 0 Å². The molecule has 0 fully saturated rings. The fraction of sp³-hybridized carbons (Fsp3) is 0.122. The van der Waals surface area contributed by atoms with E-state index in [0.29, 0.717) is 0 Å². The second-order valence-corrected chi connectivity index (χ2v) is 18.6. The average Bonchev–Trinajstić information content (AvgIpc) is 3.90. The second-order valence-electron chi connectivity index (χ2n) is 15.0. The summed E-state index contributed by atoms with van der Waals surface area (Å²) in [5.74, 6) is 0.261. The molecule has 2 aliphatic rings. The van der Waals surface area contributed by atoms with Crippen molar-refractivity contribution in [1.29, 1.82) is 0 Å². The molecule has 7 aromatic rings. The molecule has 0 amide bonds. The zero-order valence-corrected chi connectivity index (χ0v) is 34.5. The van der Waals surface area contributed by atoms with Gasteiger partial charge in [-0.05, 0) is 72.5 Å². The van der Waals surface area contributed by atoms with Crippen LogP contribution in [0.5, 0.6) is 0 Å². The van der Waals surface area contributed by atoms with Crippen LogP contribution in [0.4, 0.5) is 0 Å². The number of rotatable bonds is 10. The predicted octanol–water partition coefficient (Wildman–Crippen LogP) is 9.57. The van der Waals surface area contributed by atoms with Gasteiger partial charge in [-0.3, -0.25) is 9.98 Å². The molecule has 0 saturated heterocycles. The van der Waals surface area contributed by atoms with Gasteiger partial charge in [-0.2, -0.15) is 0 Å². The smallest absolute Gasteiger partial charge is 0.255 e. The van der Waals surface area contributed by atoms with Crippen LogP contribution in [0, 0.1) is 13.8 Å². The number of pyridine rings is 1. The summed E-state index contributed by atoms with van der Waals surface area (Å²) in [5.41, 5.74) is 5.50. The lowest BCUT2D eigenvalue weighted by molar-refractivity contribution is 0.419. The van der Waals surface area contributed by atoms with Gasteiger partial charge in [-0.15, -0.1) is 0 Å². The van der Waals surface area contributed by atoms with E-state index in [-0.39, 0.29) is 32.9 Å². The van der Waals surface area contributed by atoms with Crippen LogP contribution in [-0.4, -0.2) is 42.1 Å². The van der Waals surface area contributed by atoms with Gasteiger partial charge in [-0.25, -0.2) is 30.4 Å². The molecule has 3 heterocycles. The topological polar surface area (TPSA) is 112 Å². The minimum Gasteiger partial charge on any atom is -0.255 e. The highest BCUT2D eigenvalue weighted by Gasteiger charge is 2.48. The van der Waals surface area contributed by atoms with Crippen molar-refractivity contribution in [2.45, 2.75) is 47.8 Å². The Balaban J connectivity index is 1.25. The molecule has 4 atom stereocenters. The third-order valence-corrected chi connectivity index (χ3v) is 14.5. The molecule has 0 radical (unpaired) electrons. The van der Waals surface area contributed by atoms with Gasteiger partial charge < -0.3 is 0 Å². The summed E-state index contributed by atoms with van der Waals surface area (Å²) in [5, 5.41) is 0. The van der Waals surface area contributed by atoms with Gasteiger partial charge in [0.2, 0.25) is 0 Å². The first-order valence-electron chi connectivity index (χ1n) is 19.7. The Morgan fingerprint density at radius 2 is 0.700 bits per heavy atom. The highest BCUT2D eigenvalue weighted by Crippen LogP contribution is 2.48. The maximum atomic E-state index is 15.1. The van der Waals surface area contributed by atoms with Crippen LogP contribution >= 0.6 is 0 Å². The van der Waals surface area contributed by atoms with E-state index < -0.39 is 44.2 Å². The van der Waals surface area contributed by atoms with Crippen LogP contribution in [0.2, 0.25) is 0 Å². The van der Waals surface area contributed by atoms with E-state index in [1.807, 2.05) is 135 Å². The van der Waals surface area contributed by atoms with Crippen molar-refractivity contribution in [2.75, 3.05) is 0 Å². The van der Waals surface area contributed by atoms with Gasteiger partial charge in [0.15, 0.2) is 11.7 Å². The van der Waals surface area contributed by atoms with Crippen molar-refractivity contribution in [1.82, 2.24) is 13.6 Å². The summed E-state index contributed by atoms with van der Waals surface area (Å²) in [7, 11) is -8.52. The van der Waals surface area contributed by atoms with Crippen LogP contribution in [-0.2, 0) is 20.0 Å². The third kappa shape index (κ3) is 7.09. The first kappa shape index (κ1) is 38.8. The minimum atomic E-state index is -4.26. The molecule has 11 heteroatoms. The molecular formula is C49H41N5O4S2. The average molecular weight is 828 g/mol. The number of aryl methyl sites for hydroxylation is 2. The summed E-state index contributed by atoms with van der Waals surface area (Å²) < 4.78 is 63.2. The highest BCUT2D eigenvalue weighted by molar-refractivity contribution is 7.90. The van der Waals surface area contributed by atoms with Crippen molar-refractivity contribution >= 4 is 31.7 Å². The number of sulfonamides is 2. The van der Waals surface area contributed by atoms with Crippen LogP contribution in [0.25, 0.3) is 0 Å². The Morgan fingerprint density at radius 3 is 1.03 bits per heavy atom. The van der Waals surface area contributed by atoms with Crippen LogP contribution in [0.3, 0.4) is 0 Å². The number of hydrogen-bond donors (Lipinski definition) is 0. The van der Waals surface area contributed by atoms with Crippen molar-refractivity contribution < 1.29 is 16.8 Å². The molecule has 4 unspecified atom stereocenters. The van der Waals surface area contributed by atoms with Gasteiger partial charge in [0.05, 0.1) is 21.9 Å². The Bertz CT molecular complexity index is 2730. The molecule has 0 saturated carbocycles. The van der Waals surface area contributed by atoms with Crippen molar-refractivity contribution in [3.8, 4) is 0 Å². The van der Waals surface area contributed by atoms with Crippen molar-refractivity contribution in [3.05, 3.63) is 233 Å². The molecule has 298 valence electrons. The second kappa shape index (κ2) is 15.8. The number of benzene rings is 6. The fourth-order valence-corrected chi connectivity index (χ4v) is 11.2. The lowest BCUT2D eigenvalue weighted by atomic mass is 9.95. The maximum absolute atomic E-state index is 15.1. The predicted molar refractivity (Wildman–Crippen MR) is 234 cm³/mol. The molecule has 9 rings (SSSR count). The summed E-state index contributed by atoms with van der Waals surface area (Å²) in [6.45, 7) is 3.82. The Hall–Kier alpha value is -6.69. The van der Waals surface area contributed by atoms with Crippen LogP contribution in [0.1, 0.15) is 68.9 Å². The zero-order valence-electron chi connectivity index (χ0n) is 32.9. The van der Waals surface area contributed by atoms with Gasteiger partial charge >= 0.3 is 0 Å². The van der Waals surface area contributed by atoms with E-state index in [9.17, 15) is 0 Å². The number of nitrogens with zero attached hydrogens (tertiary/aromatic N) is 5. The molecular weight excluding hydrogens is 787 g/mol. The van der Waals surface area contributed by atoms with Gasteiger partial charge in [-0.1, -0.05) is 163 Å². The molecule has 60 heavy (non-hydrogen) atoms. The normalized spacial score (nSPS) is 19.2. The Labute approximate surface area is 351 Å². The standard InChI is InChI=1S/C49H41N5O4S2/c1-34-26-30-40(31-27-34)59(55,56)53-46(38-20-11-5-12-21-38)44(36-16-7-3-8-17-36)51-48(53)42-24-15-25-43(50-42)49-52-45(37-18-9-4-10-19-37)47(39-22-13-6-14-23-39)54(49)60(57,58)41-32-28-35(2)29-33-41/h3-33,44-47H,1-2H3. The summed E-state index contributed by atoms with van der Waals surface area (Å²) in [6.07, 6.45) is 0. The maximum Gasteiger partial charge on any atom is 0.266 e. The van der Waals surface area contributed by atoms with E-state index in [0.717, 1.165) is 33.4 Å². The third-order valence-electron chi connectivity index (χ3n) is 11.0. The highest BCUT2D eigenvalue weighted by atomic mass is 32.2. The van der Waals surface area contributed by atoms with Gasteiger partial charge in [0, 0.05) is 0 Å². The van der Waals surface area contributed by atoms with Gasteiger partial charge in [0.25, 0.3) is 20.0 Å². The number of aromatic nitrogens is 1. The number of amidine groups is 2. The SMILES string of the molecule is Cc1ccc(S(=O)(=O)N2C(c3cccc(C4=NC(c5ccccc5)C(c5ccccc5)N4S(=O)(=O)c4ccc(C)cc4)n3)=NC(c3ccccc3)C2c2ccccc2)cc1. The lowest BCUT2D eigenvalue weighted by Gasteiger charge is -2.31. The van der Waals surface area contributed by atoms with Crippen molar-refractivity contribution in [3.63, 3.8) is 0 Å². The molecule has 1 aromatic heterocycles. The molecule has 0 aliphatic carbocycles. The van der Waals surface area contributed by atoms with E-state index in [1.54, 1.807) is 66.7 Å². The zero-order chi connectivity index (χ0) is 41.4. The monoisotopic (exact) mass is 827 g/mol. The first-order valence-corrected chi connectivity index (χ1v) is 22.5. The summed E-state index contributed by atoms with van der Waals surface area (Å²) >= 11 is 0. The Morgan fingerprint density at radius 1 is 0.383 bits per heavy atom. The molecule has 6 aromatic carbocycles. The largest absolute Gasteiger partial charge is 0.266 e. The van der Waals surface area contributed by atoms with Crippen molar-refractivity contribution in [2.24, 2.45) is 9.98 Å². The molecule has 2 aliphatic heterocycles. The molecule has 0 N–H and O–H groups in total. The summed E-state index contributed by atoms with van der Waals surface area (Å²) in [6, 6.07) is 54.2.